The fourth-order valence-corrected chi connectivity index (χ4v) is 3.91. The zero-order valence-electron chi connectivity index (χ0n) is 18.3. The van der Waals surface area contributed by atoms with Crippen LogP contribution in [0.3, 0.4) is 0 Å². The first kappa shape index (κ1) is 22.5. The summed E-state index contributed by atoms with van der Waals surface area (Å²) < 4.78 is 0. The molecule has 0 atom stereocenters. The zero-order chi connectivity index (χ0) is 23.5. The highest BCUT2D eigenvalue weighted by Gasteiger charge is 2.18. The number of fused-ring (bicyclic) bond motifs is 1. The first-order chi connectivity index (χ1) is 15.8. The third-order valence-corrected chi connectivity index (χ3v) is 5.72. The summed E-state index contributed by atoms with van der Waals surface area (Å²) in [6, 6.07) is 10.8. The summed E-state index contributed by atoms with van der Waals surface area (Å²) in [6.45, 7) is 1.82. The maximum Gasteiger partial charge on any atom is 0.254 e. The van der Waals surface area contributed by atoms with Gasteiger partial charge in [-0.1, -0.05) is 17.7 Å². The SMILES string of the molecule is CNC(=O)c1cccc(Nc2nc(Nc3cc4c(cc3Cl)CCN(C)C4)ncc2C(N)=O)c1. The van der Waals surface area contributed by atoms with E-state index in [4.69, 9.17) is 17.3 Å². The normalized spacial score (nSPS) is 13.2. The van der Waals surface area contributed by atoms with Crippen LogP contribution < -0.4 is 21.7 Å². The molecule has 2 amide bonds. The molecule has 0 saturated heterocycles. The number of nitrogens with two attached hydrogens (primary N) is 1. The molecule has 3 aromatic rings. The van der Waals surface area contributed by atoms with Crippen LogP contribution in [0.4, 0.5) is 23.1 Å². The van der Waals surface area contributed by atoms with Crippen molar-refractivity contribution in [1.29, 1.82) is 0 Å². The van der Waals surface area contributed by atoms with Gasteiger partial charge in [-0.15, -0.1) is 0 Å². The van der Waals surface area contributed by atoms with Crippen LogP contribution in [-0.4, -0.2) is 47.3 Å². The third kappa shape index (κ3) is 5.05. The number of aromatic nitrogens is 2. The van der Waals surface area contributed by atoms with Gasteiger partial charge in [-0.05, 0) is 54.9 Å². The fraction of sp³-hybridized carbons (Fsp3) is 0.217. The van der Waals surface area contributed by atoms with Crippen LogP contribution in [0, 0.1) is 0 Å². The number of rotatable bonds is 6. The monoisotopic (exact) mass is 465 g/mol. The van der Waals surface area contributed by atoms with Gasteiger partial charge < -0.3 is 26.6 Å². The van der Waals surface area contributed by atoms with E-state index in [0.29, 0.717) is 22.0 Å². The summed E-state index contributed by atoms with van der Waals surface area (Å²) in [7, 11) is 3.63. The smallest absolute Gasteiger partial charge is 0.254 e. The van der Waals surface area contributed by atoms with Crippen LogP contribution in [0.25, 0.3) is 0 Å². The molecule has 2 aromatic carbocycles. The van der Waals surface area contributed by atoms with Crippen molar-refractivity contribution in [2.24, 2.45) is 5.73 Å². The molecular weight excluding hydrogens is 442 g/mol. The van der Waals surface area contributed by atoms with Gasteiger partial charge in [0.2, 0.25) is 5.95 Å². The van der Waals surface area contributed by atoms with Crippen molar-refractivity contribution in [3.8, 4) is 0 Å². The molecule has 170 valence electrons. The number of halogens is 1. The Morgan fingerprint density at radius 1 is 1.15 bits per heavy atom. The summed E-state index contributed by atoms with van der Waals surface area (Å²) in [5.41, 5.74) is 9.75. The minimum Gasteiger partial charge on any atom is -0.365 e. The summed E-state index contributed by atoms with van der Waals surface area (Å²) in [5.74, 6) is -0.452. The Kier molecular flexibility index (Phi) is 6.43. The summed E-state index contributed by atoms with van der Waals surface area (Å²) in [5, 5.41) is 9.34. The molecule has 1 aromatic heterocycles. The number of amides is 2. The largest absolute Gasteiger partial charge is 0.365 e. The number of carbonyl (C=O) groups excluding carboxylic acids is 2. The zero-order valence-corrected chi connectivity index (χ0v) is 19.0. The van der Waals surface area contributed by atoms with Crippen LogP contribution >= 0.6 is 11.6 Å². The molecule has 4 rings (SSSR count). The van der Waals surface area contributed by atoms with Gasteiger partial charge in [-0.25, -0.2) is 4.98 Å². The van der Waals surface area contributed by atoms with Crippen molar-refractivity contribution in [2.75, 3.05) is 31.3 Å². The number of hydrogen-bond acceptors (Lipinski definition) is 7. The second kappa shape index (κ2) is 9.43. The summed E-state index contributed by atoms with van der Waals surface area (Å²) in [6.07, 6.45) is 2.29. The minimum absolute atomic E-state index is 0.115. The molecule has 0 radical (unpaired) electrons. The van der Waals surface area contributed by atoms with Crippen LogP contribution in [0.2, 0.25) is 5.02 Å². The number of likely N-dealkylation sites (N-methyl/N-ethyl adjacent to an activating group) is 1. The lowest BCUT2D eigenvalue weighted by atomic mass is 9.99. The highest BCUT2D eigenvalue weighted by Crippen LogP contribution is 2.31. The summed E-state index contributed by atoms with van der Waals surface area (Å²) >= 11 is 6.50. The van der Waals surface area contributed by atoms with Crippen LogP contribution in [-0.2, 0) is 13.0 Å². The lowest BCUT2D eigenvalue weighted by Crippen LogP contribution is -2.26. The van der Waals surface area contributed by atoms with Crippen LogP contribution in [0.5, 0.6) is 0 Å². The van der Waals surface area contributed by atoms with Crippen molar-refractivity contribution in [3.05, 3.63) is 69.9 Å². The first-order valence-electron chi connectivity index (χ1n) is 10.4. The van der Waals surface area contributed by atoms with Crippen molar-refractivity contribution in [3.63, 3.8) is 0 Å². The minimum atomic E-state index is -0.679. The molecule has 0 unspecified atom stereocenters. The van der Waals surface area contributed by atoms with Gasteiger partial charge >= 0.3 is 0 Å². The average Bonchev–Trinajstić information content (AvgIpc) is 2.79. The predicted molar refractivity (Wildman–Crippen MR) is 128 cm³/mol. The lowest BCUT2D eigenvalue weighted by Gasteiger charge is -2.26. The van der Waals surface area contributed by atoms with Gasteiger partial charge in [0.1, 0.15) is 11.4 Å². The molecule has 1 aliphatic heterocycles. The van der Waals surface area contributed by atoms with Crippen molar-refractivity contribution < 1.29 is 9.59 Å². The Morgan fingerprint density at radius 3 is 2.73 bits per heavy atom. The number of hydrogen-bond donors (Lipinski definition) is 4. The van der Waals surface area contributed by atoms with E-state index in [9.17, 15) is 9.59 Å². The van der Waals surface area contributed by atoms with E-state index in [-0.39, 0.29) is 23.2 Å². The van der Waals surface area contributed by atoms with Gasteiger partial charge in [0.25, 0.3) is 11.8 Å². The van der Waals surface area contributed by atoms with Crippen molar-refractivity contribution in [1.82, 2.24) is 20.2 Å². The van der Waals surface area contributed by atoms with E-state index in [2.05, 4.69) is 37.9 Å². The first-order valence-corrected chi connectivity index (χ1v) is 10.7. The Balaban J connectivity index is 1.64. The molecule has 0 saturated carbocycles. The fourth-order valence-electron chi connectivity index (χ4n) is 3.67. The highest BCUT2D eigenvalue weighted by atomic mass is 35.5. The van der Waals surface area contributed by atoms with Gasteiger partial charge in [0.15, 0.2) is 0 Å². The van der Waals surface area contributed by atoms with Crippen molar-refractivity contribution >= 4 is 46.6 Å². The molecule has 33 heavy (non-hydrogen) atoms. The molecule has 0 bridgehead atoms. The molecule has 0 fully saturated rings. The second-order valence-corrected chi connectivity index (χ2v) is 8.23. The number of nitrogens with one attached hydrogen (secondary N) is 3. The second-order valence-electron chi connectivity index (χ2n) is 7.82. The third-order valence-electron chi connectivity index (χ3n) is 5.41. The molecule has 9 nitrogen and oxygen atoms in total. The predicted octanol–water partition coefficient (Wildman–Crippen LogP) is 3.06. The quantitative estimate of drug-likeness (QED) is 0.440. The standard InChI is InChI=1S/C23H24ClN7O2/c1-26-22(33)14-4-3-5-16(8-14)28-21-17(20(25)32)11-27-23(30-21)29-19-10-15-12-31(2)7-6-13(15)9-18(19)24/h3-5,8-11H,6-7,12H2,1-2H3,(H2,25,32)(H,26,33)(H2,27,28,29,30). The Labute approximate surface area is 196 Å². The molecule has 10 heteroatoms. The molecular formula is C23H24ClN7O2. The van der Waals surface area contributed by atoms with Crippen molar-refractivity contribution in [2.45, 2.75) is 13.0 Å². The molecule has 2 heterocycles. The maximum absolute atomic E-state index is 11.9. The summed E-state index contributed by atoms with van der Waals surface area (Å²) in [4.78, 5) is 34.8. The number of anilines is 4. The van der Waals surface area contributed by atoms with Gasteiger partial charge in [0.05, 0.1) is 10.7 Å². The van der Waals surface area contributed by atoms with Gasteiger partial charge in [0, 0.05) is 37.6 Å². The Hall–Kier alpha value is -3.69. The number of carbonyl (C=O) groups is 2. The van der Waals surface area contributed by atoms with E-state index in [1.165, 1.54) is 17.3 Å². The molecule has 1 aliphatic rings. The van der Waals surface area contributed by atoms with E-state index >= 15 is 0 Å². The molecule has 0 spiro atoms. The van der Waals surface area contributed by atoms with E-state index in [1.54, 1.807) is 31.3 Å². The molecule has 0 aliphatic carbocycles. The molecule has 5 N–H and O–H groups in total. The Bertz CT molecular complexity index is 1230. The van der Waals surface area contributed by atoms with Gasteiger partial charge in [-0.3, -0.25) is 9.59 Å². The van der Waals surface area contributed by atoms with E-state index < -0.39 is 5.91 Å². The Morgan fingerprint density at radius 2 is 1.97 bits per heavy atom. The number of benzene rings is 2. The number of nitrogens with zero attached hydrogens (tertiary/aromatic N) is 3. The van der Waals surface area contributed by atoms with Gasteiger partial charge in [-0.2, -0.15) is 4.98 Å². The van der Waals surface area contributed by atoms with E-state index in [0.717, 1.165) is 19.5 Å². The van der Waals surface area contributed by atoms with Crippen LogP contribution in [0.15, 0.2) is 42.6 Å². The maximum atomic E-state index is 11.9. The topological polar surface area (TPSA) is 125 Å². The lowest BCUT2D eigenvalue weighted by molar-refractivity contribution is 0.0961. The van der Waals surface area contributed by atoms with E-state index in [1.807, 2.05) is 12.1 Å². The van der Waals surface area contributed by atoms with Crippen LogP contribution in [0.1, 0.15) is 31.8 Å². The average molecular weight is 466 g/mol. The number of primary amides is 1. The highest BCUT2D eigenvalue weighted by molar-refractivity contribution is 6.33.